The first-order valence-electron chi connectivity index (χ1n) is 12.2. The third kappa shape index (κ3) is 4.89. The molecule has 7 nitrogen and oxygen atoms in total. The Balaban J connectivity index is 1.32. The number of fused-ring (bicyclic) bond motifs is 1. The standard InChI is InChI=1S/C26H23F6N3O4/c27-17-9-14(26(30,31)32)2-1-13(17)11-34-7-5-25(39,6-8-34)21-18(28)10-15-16(22(21)29)12-35(24(15)38)19-3-4-20(36)33-23(19)37/h1-2,9-10,19,39H,3-8,11-12H2,(H,33,36,37). The molecule has 1 atom stereocenters. The number of carbonyl (C=O) groups is 3. The van der Waals surface area contributed by atoms with Crippen molar-refractivity contribution in [1.82, 2.24) is 15.1 Å². The lowest BCUT2D eigenvalue weighted by molar-refractivity contribution is -0.138. The molecule has 3 amide bonds. The van der Waals surface area contributed by atoms with Gasteiger partial charge in [0.25, 0.3) is 5.91 Å². The van der Waals surface area contributed by atoms with Crippen molar-refractivity contribution in [2.75, 3.05) is 13.1 Å². The summed E-state index contributed by atoms with van der Waals surface area (Å²) in [5.41, 5.74) is -4.10. The van der Waals surface area contributed by atoms with Gasteiger partial charge in [-0.1, -0.05) is 6.07 Å². The maximum Gasteiger partial charge on any atom is 0.416 e. The number of carbonyl (C=O) groups excluding carboxylic acids is 3. The Morgan fingerprint density at radius 1 is 1.03 bits per heavy atom. The van der Waals surface area contributed by atoms with E-state index in [2.05, 4.69) is 5.32 Å². The van der Waals surface area contributed by atoms with E-state index in [-0.39, 0.29) is 68.6 Å². The lowest BCUT2D eigenvalue weighted by Gasteiger charge is -2.39. The summed E-state index contributed by atoms with van der Waals surface area (Å²) in [6.07, 6.45) is -4.97. The van der Waals surface area contributed by atoms with Crippen LogP contribution in [-0.4, -0.2) is 51.8 Å². The number of nitrogens with zero attached hydrogens (tertiary/aromatic N) is 2. The van der Waals surface area contributed by atoms with Crippen LogP contribution in [-0.2, 0) is 34.5 Å². The fraction of sp³-hybridized carbons (Fsp3) is 0.423. The Labute approximate surface area is 218 Å². The molecule has 3 aliphatic rings. The van der Waals surface area contributed by atoms with Gasteiger partial charge in [0.2, 0.25) is 11.8 Å². The molecule has 2 N–H and O–H groups in total. The van der Waals surface area contributed by atoms with Crippen LogP contribution in [0.2, 0.25) is 0 Å². The van der Waals surface area contributed by atoms with Crippen LogP contribution in [0.4, 0.5) is 26.3 Å². The summed E-state index contributed by atoms with van der Waals surface area (Å²) in [7, 11) is 0. The molecule has 5 rings (SSSR count). The number of likely N-dealkylation sites (tertiary alicyclic amines) is 1. The molecule has 0 aliphatic carbocycles. The predicted molar refractivity (Wildman–Crippen MR) is 122 cm³/mol. The van der Waals surface area contributed by atoms with Crippen molar-refractivity contribution in [3.63, 3.8) is 0 Å². The SMILES string of the molecule is O=C1CCC(N2Cc3c(cc(F)c(C4(O)CCN(Cc5ccc(C(F)(F)F)cc5F)CC4)c3F)C2=O)C(=O)N1. The molecule has 2 aromatic rings. The van der Waals surface area contributed by atoms with Gasteiger partial charge in [0.1, 0.15) is 23.5 Å². The van der Waals surface area contributed by atoms with Gasteiger partial charge in [-0.3, -0.25) is 24.6 Å². The molecule has 2 saturated heterocycles. The van der Waals surface area contributed by atoms with E-state index in [1.54, 1.807) is 4.90 Å². The van der Waals surface area contributed by atoms with Gasteiger partial charge in [-0.25, -0.2) is 13.2 Å². The third-order valence-electron chi connectivity index (χ3n) is 7.65. The second kappa shape index (κ2) is 9.63. The number of imide groups is 1. The van der Waals surface area contributed by atoms with Crippen LogP contribution < -0.4 is 5.32 Å². The number of nitrogens with one attached hydrogen (secondary N) is 1. The number of amides is 3. The van der Waals surface area contributed by atoms with Gasteiger partial charge in [-0.05, 0) is 37.5 Å². The fourth-order valence-corrected chi connectivity index (χ4v) is 5.48. The van der Waals surface area contributed by atoms with Crippen molar-refractivity contribution in [1.29, 1.82) is 0 Å². The van der Waals surface area contributed by atoms with Gasteiger partial charge in [0, 0.05) is 37.2 Å². The second-order valence-corrected chi connectivity index (χ2v) is 10.1. The van der Waals surface area contributed by atoms with Gasteiger partial charge in [-0.15, -0.1) is 0 Å². The average molecular weight is 555 g/mol. The monoisotopic (exact) mass is 555 g/mol. The molecular formula is C26H23F6N3O4. The van der Waals surface area contributed by atoms with Crippen LogP contribution in [0.1, 0.15) is 58.3 Å². The summed E-state index contributed by atoms with van der Waals surface area (Å²) < 4.78 is 83.6. The average Bonchev–Trinajstić information content (AvgIpc) is 3.17. The zero-order valence-electron chi connectivity index (χ0n) is 20.4. The summed E-state index contributed by atoms with van der Waals surface area (Å²) in [5, 5.41) is 13.4. The van der Waals surface area contributed by atoms with Crippen molar-refractivity contribution in [2.24, 2.45) is 0 Å². The van der Waals surface area contributed by atoms with Crippen LogP contribution in [0, 0.1) is 17.5 Å². The van der Waals surface area contributed by atoms with Gasteiger partial charge in [0.05, 0.1) is 28.8 Å². The van der Waals surface area contributed by atoms with E-state index in [1.807, 2.05) is 0 Å². The Bertz CT molecular complexity index is 1370. The van der Waals surface area contributed by atoms with Crippen molar-refractivity contribution >= 4 is 17.7 Å². The van der Waals surface area contributed by atoms with Crippen molar-refractivity contribution in [3.05, 3.63) is 69.5 Å². The Hall–Kier alpha value is -3.45. The van der Waals surface area contributed by atoms with Crippen molar-refractivity contribution in [2.45, 2.75) is 56.6 Å². The van der Waals surface area contributed by atoms with E-state index in [1.165, 1.54) is 0 Å². The van der Waals surface area contributed by atoms with E-state index in [0.29, 0.717) is 6.07 Å². The van der Waals surface area contributed by atoms with E-state index in [4.69, 9.17) is 0 Å². The molecule has 0 bridgehead atoms. The lowest BCUT2D eigenvalue weighted by atomic mass is 9.82. The molecule has 0 radical (unpaired) electrons. The van der Waals surface area contributed by atoms with Crippen LogP contribution in [0.15, 0.2) is 24.3 Å². The number of rotatable bonds is 4. The molecule has 2 fully saturated rings. The predicted octanol–water partition coefficient (Wildman–Crippen LogP) is 3.37. The van der Waals surface area contributed by atoms with Gasteiger partial charge < -0.3 is 10.0 Å². The smallest absolute Gasteiger partial charge is 0.385 e. The number of alkyl halides is 3. The van der Waals surface area contributed by atoms with Crippen molar-refractivity contribution < 1.29 is 45.8 Å². The van der Waals surface area contributed by atoms with Gasteiger partial charge >= 0.3 is 6.18 Å². The van der Waals surface area contributed by atoms with Crippen LogP contribution in [0.3, 0.4) is 0 Å². The molecular weight excluding hydrogens is 532 g/mol. The van der Waals surface area contributed by atoms with Crippen LogP contribution >= 0.6 is 0 Å². The number of benzene rings is 2. The first kappa shape index (κ1) is 27.1. The summed E-state index contributed by atoms with van der Waals surface area (Å²) in [4.78, 5) is 39.3. The van der Waals surface area contributed by atoms with Crippen LogP contribution in [0.5, 0.6) is 0 Å². The molecule has 0 saturated carbocycles. The van der Waals surface area contributed by atoms with E-state index in [9.17, 15) is 37.1 Å². The van der Waals surface area contributed by atoms with E-state index >= 15 is 8.78 Å². The number of piperidine rings is 2. The number of hydrogen-bond donors (Lipinski definition) is 2. The zero-order valence-corrected chi connectivity index (χ0v) is 20.4. The molecule has 13 heteroatoms. The summed E-state index contributed by atoms with van der Waals surface area (Å²) in [6, 6.07) is 2.02. The molecule has 0 aromatic heterocycles. The first-order chi connectivity index (χ1) is 18.3. The fourth-order valence-electron chi connectivity index (χ4n) is 5.48. The summed E-state index contributed by atoms with van der Waals surface area (Å²) >= 11 is 0. The van der Waals surface area contributed by atoms with E-state index in [0.717, 1.165) is 23.1 Å². The molecule has 3 heterocycles. The van der Waals surface area contributed by atoms with Gasteiger partial charge in [-0.2, -0.15) is 13.2 Å². The van der Waals surface area contributed by atoms with Crippen molar-refractivity contribution in [3.8, 4) is 0 Å². The van der Waals surface area contributed by atoms with Gasteiger partial charge in [0.15, 0.2) is 0 Å². The zero-order chi connectivity index (χ0) is 28.3. The number of aliphatic hydroxyl groups is 1. The largest absolute Gasteiger partial charge is 0.416 e. The minimum atomic E-state index is -4.69. The second-order valence-electron chi connectivity index (χ2n) is 10.1. The third-order valence-corrected chi connectivity index (χ3v) is 7.65. The minimum absolute atomic E-state index is 0.00868. The molecule has 0 spiro atoms. The quantitative estimate of drug-likeness (QED) is 0.446. The van der Waals surface area contributed by atoms with E-state index < -0.39 is 64.1 Å². The summed E-state index contributed by atoms with van der Waals surface area (Å²) in [6.45, 7) is -0.276. The molecule has 1 unspecified atom stereocenters. The maximum atomic E-state index is 15.7. The minimum Gasteiger partial charge on any atom is -0.385 e. The Kier molecular flexibility index (Phi) is 6.70. The lowest BCUT2D eigenvalue weighted by Crippen LogP contribution is -2.52. The highest BCUT2D eigenvalue weighted by atomic mass is 19.4. The molecule has 3 aliphatic heterocycles. The maximum absolute atomic E-state index is 15.7. The highest BCUT2D eigenvalue weighted by Gasteiger charge is 2.45. The first-order valence-corrected chi connectivity index (χ1v) is 12.2. The van der Waals surface area contributed by atoms with Crippen LogP contribution in [0.25, 0.3) is 0 Å². The number of hydrogen-bond acceptors (Lipinski definition) is 5. The highest BCUT2D eigenvalue weighted by molar-refractivity contribution is 6.05. The summed E-state index contributed by atoms with van der Waals surface area (Å²) in [5.74, 6) is -5.22. The molecule has 208 valence electrons. The Morgan fingerprint density at radius 3 is 2.33 bits per heavy atom. The highest BCUT2D eigenvalue weighted by Crippen LogP contribution is 2.41. The Morgan fingerprint density at radius 2 is 1.72 bits per heavy atom. The molecule has 2 aromatic carbocycles. The topological polar surface area (TPSA) is 90.0 Å². The molecule has 39 heavy (non-hydrogen) atoms. The normalized spacial score (nSPS) is 21.8. The number of halogens is 6.